The molecule has 0 fully saturated rings. The summed E-state index contributed by atoms with van der Waals surface area (Å²) in [6.45, 7) is 1.84. The quantitative estimate of drug-likeness (QED) is 0.573. The Morgan fingerprint density at radius 3 is 2.50 bits per heavy atom. The predicted molar refractivity (Wildman–Crippen MR) is 72.7 cm³/mol. The smallest absolute Gasteiger partial charge is 0.0595 e. The molecule has 0 aliphatic carbocycles. The van der Waals surface area contributed by atoms with Crippen molar-refractivity contribution in [3.8, 4) is 0 Å². The summed E-state index contributed by atoms with van der Waals surface area (Å²) in [6, 6.07) is 5.71. The van der Waals surface area contributed by atoms with Crippen molar-refractivity contribution >= 4 is 34.8 Å². The number of benzene rings is 1. The van der Waals surface area contributed by atoms with Gasteiger partial charge in [-0.3, -0.25) is 0 Å². The number of hydrogen-bond donors (Lipinski definition) is 1. The summed E-state index contributed by atoms with van der Waals surface area (Å²) < 4.78 is 0. The number of alkyl halides is 1. The Balaban J connectivity index is 2.19. The van der Waals surface area contributed by atoms with Gasteiger partial charge in [-0.2, -0.15) is 0 Å². The van der Waals surface area contributed by atoms with Crippen molar-refractivity contribution in [1.29, 1.82) is 0 Å². The van der Waals surface area contributed by atoms with Crippen molar-refractivity contribution in [3.05, 3.63) is 33.8 Å². The first-order valence-corrected chi connectivity index (χ1v) is 6.73. The van der Waals surface area contributed by atoms with E-state index in [1.54, 1.807) is 0 Å². The highest BCUT2D eigenvalue weighted by Crippen LogP contribution is 2.22. The van der Waals surface area contributed by atoms with Gasteiger partial charge in [-0.25, -0.2) is 0 Å². The molecule has 0 saturated heterocycles. The van der Waals surface area contributed by atoms with Gasteiger partial charge in [0.1, 0.15) is 0 Å². The number of hydrogen-bond acceptors (Lipinski definition) is 1. The highest BCUT2D eigenvalue weighted by molar-refractivity contribution is 6.42. The third-order valence-electron chi connectivity index (χ3n) is 2.30. The Hall–Kier alpha value is 0.0500. The molecule has 0 unspecified atom stereocenters. The van der Waals surface area contributed by atoms with Crippen molar-refractivity contribution in [2.75, 3.05) is 12.4 Å². The van der Waals surface area contributed by atoms with Crippen LogP contribution in [0.25, 0.3) is 0 Å². The fraction of sp³-hybridized carbons (Fsp3) is 0.500. The fourth-order valence-electron chi connectivity index (χ4n) is 1.40. The fourth-order valence-corrected chi connectivity index (χ4v) is 1.91. The second-order valence-electron chi connectivity index (χ2n) is 3.67. The van der Waals surface area contributed by atoms with Gasteiger partial charge in [0.25, 0.3) is 0 Å². The van der Waals surface area contributed by atoms with Crippen molar-refractivity contribution in [2.45, 2.75) is 25.8 Å². The highest BCUT2D eigenvalue weighted by Gasteiger charge is 1.98. The van der Waals surface area contributed by atoms with Gasteiger partial charge in [0.15, 0.2) is 0 Å². The molecule has 16 heavy (non-hydrogen) atoms. The van der Waals surface area contributed by atoms with E-state index in [2.05, 4.69) is 5.32 Å². The minimum Gasteiger partial charge on any atom is -0.313 e. The Kier molecular flexibility index (Phi) is 7.22. The number of nitrogens with one attached hydrogen (secondary N) is 1. The van der Waals surface area contributed by atoms with Gasteiger partial charge >= 0.3 is 0 Å². The van der Waals surface area contributed by atoms with E-state index in [0.717, 1.165) is 37.4 Å². The van der Waals surface area contributed by atoms with E-state index in [9.17, 15) is 0 Å². The monoisotopic (exact) mass is 279 g/mol. The van der Waals surface area contributed by atoms with E-state index in [4.69, 9.17) is 34.8 Å². The lowest BCUT2D eigenvalue weighted by Crippen LogP contribution is -2.14. The summed E-state index contributed by atoms with van der Waals surface area (Å²) in [5, 5.41) is 4.58. The van der Waals surface area contributed by atoms with Crippen LogP contribution >= 0.6 is 34.8 Å². The first kappa shape index (κ1) is 14.1. The molecule has 90 valence electrons. The lowest BCUT2D eigenvalue weighted by Gasteiger charge is -2.05. The molecule has 0 aromatic heterocycles. The summed E-state index contributed by atoms with van der Waals surface area (Å²) in [4.78, 5) is 0. The number of rotatable bonds is 7. The van der Waals surface area contributed by atoms with Gasteiger partial charge in [0, 0.05) is 12.4 Å². The number of halogens is 3. The van der Waals surface area contributed by atoms with Crippen LogP contribution in [0.3, 0.4) is 0 Å². The SMILES string of the molecule is ClCCCCCNCc1ccc(Cl)c(Cl)c1. The largest absolute Gasteiger partial charge is 0.313 e. The molecule has 1 rings (SSSR count). The molecule has 0 aliphatic heterocycles. The average Bonchev–Trinajstić information content (AvgIpc) is 2.28. The second-order valence-corrected chi connectivity index (χ2v) is 4.87. The zero-order valence-electron chi connectivity index (χ0n) is 9.11. The minimum atomic E-state index is 0.604. The van der Waals surface area contributed by atoms with E-state index >= 15 is 0 Å². The summed E-state index contributed by atoms with van der Waals surface area (Å²) in [7, 11) is 0. The van der Waals surface area contributed by atoms with E-state index in [0.29, 0.717) is 10.0 Å². The second kappa shape index (κ2) is 8.19. The highest BCUT2D eigenvalue weighted by atomic mass is 35.5. The van der Waals surface area contributed by atoms with Crippen LogP contribution < -0.4 is 5.32 Å². The normalized spacial score (nSPS) is 10.7. The summed E-state index contributed by atoms with van der Waals surface area (Å²) in [6.07, 6.45) is 3.43. The van der Waals surface area contributed by atoms with E-state index in [-0.39, 0.29) is 0 Å². The third kappa shape index (κ3) is 5.40. The molecule has 0 heterocycles. The molecular weight excluding hydrogens is 264 g/mol. The Bertz CT molecular complexity index is 315. The lowest BCUT2D eigenvalue weighted by atomic mass is 10.2. The molecule has 0 bridgehead atoms. The molecule has 0 aliphatic rings. The van der Waals surface area contributed by atoms with E-state index < -0.39 is 0 Å². The lowest BCUT2D eigenvalue weighted by molar-refractivity contribution is 0.618. The van der Waals surface area contributed by atoms with Gasteiger partial charge in [-0.15, -0.1) is 11.6 Å². The molecule has 0 atom stereocenters. The van der Waals surface area contributed by atoms with E-state index in [1.165, 1.54) is 6.42 Å². The van der Waals surface area contributed by atoms with Crippen molar-refractivity contribution in [2.24, 2.45) is 0 Å². The van der Waals surface area contributed by atoms with Crippen LogP contribution in [0.4, 0.5) is 0 Å². The molecule has 1 nitrogen and oxygen atoms in total. The van der Waals surface area contributed by atoms with Crippen LogP contribution in [-0.4, -0.2) is 12.4 Å². The van der Waals surface area contributed by atoms with Crippen LogP contribution in [-0.2, 0) is 6.54 Å². The topological polar surface area (TPSA) is 12.0 Å². The van der Waals surface area contributed by atoms with Gasteiger partial charge in [-0.05, 0) is 37.1 Å². The van der Waals surface area contributed by atoms with Crippen LogP contribution in [0, 0.1) is 0 Å². The van der Waals surface area contributed by atoms with Gasteiger partial charge in [-0.1, -0.05) is 35.7 Å². The van der Waals surface area contributed by atoms with E-state index in [1.807, 2.05) is 18.2 Å². The van der Waals surface area contributed by atoms with Crippen LogP contribution in [0.5, 0.6) is 0 Å². The van der Waals surface area contributed by atoms with Gasteiger partial charge in [0.05, 0.1) is 10.0 Å². The summed E-state index contributed by atoms with van der Waals surface area (Å²) >= 11 is 17.3. The van der Waals surface area contributed by atoms with Crippen LogP contribution in [0.2, 0.25) is 10.0 Å². The van der Waals surface area contributed by atoms with Crippen molar-refractivity contribution in [1.82, 2.24) is 5.32 Å². The van der Waals surface area contributed by atoms with Gasteiger partial charge < -0.3 is 5.32 Å². The molecule has 1 aromatic rings. The Morgan fingerprint density at radius 1 is 1.00 bits per heavy atom. The first-order chi connectivity index (χ1) is 7.74. The minimum absolute atomic E-state index is 0.604. The molecule has 1 aromatic carbocycles. The zero-order chi connectivity index (χ0) is 11.8. The summed E-state index contributed by atoms with van der Waals surface area (Å²) in [5.41, 5.74) is 1.16. The molecule has 0 saturated carbocycles. The maximum absolute atomic E-state index is 5.92. The molecular formula is C12H16Cl3N. The van der Waals surface area contributed by atoms with Gasteiger partial charge in [0.2, 0.25) is 0 Å². The molecule has 0 radical (unpaired) electrons. The predicted octanol–water partition coefficient (Wildman–Crippen LogP) is 4.49. The Labute approximate surface area is 112 Å². The maximum atomic E-state index is 5.92. The first-order valence-electron chi connectivity index (χ1n) is 5.44. The summed E-state index contributed by atoms with van der Waals surface area (Å²) in [5.74, 6) is 0.757. The molecule has 0 amide bonds. The van der Waals surface area contributed by atoms with Crippen LogP contribution in [0.1, 0.15) is 24.8 Å². The number of unbranched alkanes of at least 4 members (excludes halogenated alkanes) is 2. The molecule has 0 spiro atoms. The Morgan fingerprint density at radius 2 is 1.81 bits per heavy atom. The molecule has 4 heteroatoms. The maximum Gasteiger partial charge on any atom is 0.0595 e. The zero-order valence-corrected chi connectivity index (χ0v) is 11.4. The van der Waals surface area contributed by atoms with Crippen molar-refractivity contribution in [3.63, 3.8) is 0 Å². The standard InChI is InChI=1S/C12H16Cl3N/c13-6-2-1-3-7-16-9-10-4-5-11(14)12(15)8-10/h4-5,8,16H,1-3,6-7,9H2. The molecule has 1 N–H and O–H groups in total. The third-order valence-corrected chi connectivity index (χ3v) is 3.31. The van der Waals surface area contributed by atoms with Crippen LogP contribution in [0.15, 0.2) is 18.2 Å². The van der Waals surface area contributed by atoms with Crippen molar-refractivity contribution < 1.29 is 0 Å². The average molecular weight is 281 g/mol.